The Bertz CT molecular complexity index is 923. The van der Waals surface area contributed by atoms with Crippen molar-refractivity contribution in [2.75, 3.05) is 0 Å². The van der Waals surface area contributed by atoms with Crippen LogP contribution in [0.3, 0.4) is 0 Å². The number of nitrogens with one attached hydrogen (secondary N) is 1. The van der Waals surface area contributed by atoms with Gasteiger partial charge in [-0.25, -0.2) is 0 Å². The van der Waals surface area contributed by atoms with Crippen LogP contribution in [0.25, 0.3) is 22.2 Å². The number of H-pyrrole nitrogens is 1. The van der Waals surface area contributed by atoms with Crippen molar-refractivity contribution in [2.45, 2.75) is 19.4 Å². The van der Waals surface area contributed by atoms with Gasteiger partial charge in [-0.1, -0.05) is 37.3 Å². The van der Waals surface area contributed by atoms with E-state index in [0.29, 0.717) is 0 Å². The molecule has 1 atom stereocenters. The topological polar surface area (TPSA) is 59.4 Å². The Labute approximate surface area is 134 Å². The van der Waals surface area contributed by atoms with Crippen LogP contribution in [-0.4, -0.2) is 25.0 Å². The molecule has 23 heavy (non-hydrogen) atoms. The summed E-state index contributed by atoms with van der Waals surface area (Å²) in [5.74, 6) is 0. The molecule has 4 aromatic rings. The zero-order chi connectivity index (χ0) is 15.6. The number of nitrogens with zero attached hydrogens (tertiary/aromatic N) is 4. The lowest BCUT2D eigenvalue weighted by Gasteiger charge is -2.15. The number of hydrogen-bond acceptors (Lipinski definition) is 3. The fourth-order valence-corrected chi connectivity index (χ4v) is 3.00. The van der Waals surface area contributed by atoms with Gasteiger partial charge in [-0.15, -0.1) is 5.10 Å². The summed E-state index contributed by atoms with van der Waals surface area (Å²) in [5, 5.41) is 13.8. The first-order valence-corrected chi connectivity index (χ1v) is 7.75. The molecule has 0 aliphatic carbocycles. The third kappa shape index (κ3) is 2.40. The van der Waals surface area contributed by atoms with Gasteiger partial charge in [0.15, 0.2) is 5.65 Å². The van der Waals surface area contributed by atoms with Crippen LogP contribution in [0.15, 0.2) is 61.2 Å². The summed E-state index contributed by atoms with van der Waals surface area (Å²) in [6.45, 7) is 2.18. The minimum Gasteiger partial charge on any atom is -0.345 e. The van der Waals surface area contributed by atoms with Crippen LogP contribution < -0.4 is 0 Å². The van der Waals surface area contributed by atoms with Crippen LogP contribution in [-0.2, 0) is 0 Å². The predicted octanol–water partition coefficient (Wildman–Crippen LogP) is 3.82. The Morgan fingerprint density at radius 3 is 2.83 bits per heavy atom. The van der Waals surface area contributed by atoms with Crippen LogP contribution >= 0.6 is 0 Å². The molecule has 0 saturated heterocycles. The van der Waals surface area contributed by atoms with E-state index in [1.54, 1.807) is 6.20 Å². The number of hydrogen-bond donors (Lipinski definition) is 1. The highest BCUT2D eigenvalue weighted by Crippen LogP contribution is 2.28. The Morgan fingerprint density at radius 2 is 2.00 bits per heavy atom. The number of fused-ring (bicyclic) bond motifs is 1. The minimum absolute atomic E-state index is 0.237. The van der Waals surface area contributed by atoms with Gasteiger partial charge in [0, 0.05) is 28.9 Å². The van der Waals surface area contributed by atoms with Crippen LogP contribution in [0.5, 0.6) is 0 Å². The molecule has 0 spiro atoms. The summed E-state index contributed by atoms with van der Waals surface area (Å²) >= 11 is 0. The molecule has 0 fully saturated rings. The smallest absolute Gasteiger partial charge is 0.160 e. The zero-order valence-corrected chi connectivity index (χ0v) is 12.8. The fraction of sp³-hybridized carbons (Fsp3) is 0.167. The van der Waals surface area contributed by atoms with E-state index in [2.05, 4.69) is 57.7 Å². The Hall–Kier alpha value is -2.95. The molecule has 4 rings (SSSR count). The average Bonchev–Trinajstić information content (AvgIpc) is 3.25. The van der Waals surface area contributed by atoms with E-state index in [1.165, 1.54) is 5.56 Å². The Balaban J connectivity index is 1.75. The van der Waals surface area contributed by atoms with Gasteiger partial charge < -0.3 is 4.98 Å². The molecule has 0 unspecified atom stereocenters. The van der Waals surface area contributed by atoms with E-state index in [-0.39, 0.29) is 6.04 Å². The number of aromatic nitrogens is 5. The van der Waals surface area contributed by atoms with Crippen molar-refractivity contribution in [3.63, 3.8) is 0 Å². The van der Waals surface area contributed by atoms with Crippen molar-refractivity contribution in [3.05, 3.63) is 66.7 Å². The van der Waals surface area contributed by atoms with Crippen molar-refractivity contribution in [2.24, 2.45) is 0 Å². The third-order valence-electron chi connectivity index (χ3n) is 4.16. The highest BCUT2D eigenvalue weighted by Gasteiger charge is 2.14. The first kappa shape index (κ1) is 13.7. The van der Waals surface area contributed by atoms with Crippen molar-refractivity contribution < 1.29 is 0 Å². The molecule has 3 aromatic heterocycles. The Morgan fingerprint density at radius 1 is 1.13 bits per heavy atom. The molecular formula is C18H17N5. The maximum atomic E-state index is 4.59. The molecule has 5 nitrogen and oxygen atoms in total. The molecule has 114 valence electrons. The van der Waals surface area contributed by atoms with E-state index >= 15 is 0 Å². The van der Waals surface area contributed by atoms with E-state index in [4.69, 9.17) is 0 Å². The normalized spacial score (nSPS) is 12.6. The maximum absolute atomic E-state index is 4.59. The van der Waals surface area contributed by atoms with Crippen molar-refractivity contribution in [3.8, 4) is 11.1 Å². The minimum atomic E-state index is 0.237. The molecule has 0 radical (unpaired) electrons. The van der Waals surface area contributed by atoms with Crippen molar-refractivity contribution >= 4 is 11.0 Å². The lowest BCUT2D eigenvalue weighted by Crippen LogP contribution is -2.09. The quantitative estimate of drug-likeness (QED) is 0.623. The van der Waals surface area contributed by atoms with Crippen LogP contribution in [0.4, 0.5) is 0 Å². The predicted molar refractivity (Wildman–Crippen MR) is 90.0 cm³/mol. The standard InChI is InChI=1S/C18H17N5/c1-2-17(13-6-4-3-5-7-13)23-12-14(10-21-23)16-11-20-22-18-15(16)8-9-19-18/h3-12,17H,2H2,1H3,(H,19,22)/t17-/m1/s1. The number of benzene rings is 1. The second kappa shape index (κ2) is 5.68. The van der Waals surface area contributed by atoms with Crippen LogP contribution in [0.2, 0.25) is 0 Å². The van der Waals surface area contributed by atoms with E-state index in [1.807, 2.05) is 29.2 Å². The fourth-order valence-electron chi connectivity index (χ4n) is 3.00. The number of rotatable bonds is 4. The maximum Gasteiger partial charge on any atom is 0.160 e. The van der Waals surface area contributed by atoms with Crippen molar-refractivity contribution in [1.82, 2.24) is 25.0 Å². The largest absolute Gasteiger partial charge is 0.345 e. The molecule has 3 heterocycles. The van der Waals surface area contributed by atoms with Gasteiger partial charge in [-0.2, -0.15) is 10.2 Å². The van der Waals surface area contributed by atoms with Gasteiger partial charge >= 0.3 is 0 Å². The van der Waals surface area contributed by atoms with Gasteiger partial charge in [0.25, 0.3) is 0 Å². The lowest BCUT2D eigenvalue weighted by molar-refractivity contribution is 0.509. The molecule has 0 aliphatic heterocycles. The second-order valence-electron chi connectivity index (χ2n) is 5.54. The summed E-state index contributed by atoms with van der Waals surface area (Å²) in [6, 6.07) is 12.7. The van der Waals surface area contributed by atoms with Gasteiger partial charge in [-0.3, -0.25) is 4.68 Å². The average molecular weight is 303 g/mol. The summed E-state index contributed by atoms with van der Waals surface area (Å²) in [7, 11) is 0. The highest BCUT2D eigenvalue weighted by atomic mass is 15.3. The second-order valence-corrected chi connectivity index (χ2v) is 5.54. The van der Waals surface area contributed by atoms with Gasteiger partial charge in [-0.05, 0) is 18.1 Å². The molecule has 0 amide bonds. The molecular weight excluding hydrogens is 286 g/mol. The van der Waals surface area contributed by atoms with Crippen LogP contribution in [0.1, 0.15) is 24.9 Å². The zero-order valence-electron chi connectivity index (χ0n) is 12.8. The van der Waals surface area contributed by atoms with Crippen LogP contribution in [0, 0.1) is 0 Å². The van der Waals surface area contributed by atoms with E-state index < -0.39 is 0 Å². The molecule has 0 aliphatic rings. The highest BCUT2D eigenvalue weighted by molar-refractivity contribution is 5.91. The summed E-state index contributed by atoms with van der Waals surface area (Å²) in [4.78, 5) is 3.10. The van der Waals surface area contributed by atoms with Gasteiger partial charge in [0.1, 0.15) is 0 Å². The molecule has 0 bridgehead atoms. The Kier molecular flexibility index (Phi) is 3.38. The third-order valence-corrected chi connectivity index (χ3v) is 4.16. The monoisotopic (exact) mass is 303 g/mol. The van der Waals surface area contributed by atoms with E-state index in [0.717, 1.165) is 28.6 Å². The molecule has 0 saturated carbocycles. The summed E-state index contributed by atoms with van der Waals surface area (Å²) < 4.78 is 2.03. The SMILES string of the molecule is CC[C@H](c1ccccc1)n1cc(-c2cnnc3[nH]ccc23)cn1. The first-order valence-electron chi connectivity index (χ1n) is 7.75. The van der Waals surface area contributed by atoms with Crippen molar-refractivity contribution in [1.29, 1.82) is 0 Å². The summed E-state index contributed by atoms with van der Waals surface area (Å²) in [6.07, 6.45) is 8.64. The van der Waals surface area contributed by atoms with Gasteiger partial charge in [0.05, 0.1) is 18.4 Å². The van der Waals surface area contributed by atoms with Gasteiger partial charge in [0.2, 0.25) is 0 Å². The lowest BCUT2D eigenvalue weighted by atomic mass is 10.0. The first-order chi connectivity index (χ1) is 11.4. The molecule has 1 aromatic carbocycles. The van der Waals surface area contributed by atoms with E-state index in [9.17, 15) is 0 Å². The molecule has 1 N–H and O–H groups in total. The number of aromatic amines is 1. The summed E-state index contributed by atoms with van der Waals surface area (Å²) in [5.41, 5.74) is 4.17. The molecule has 5 heteroatoms.